The SMILES string of the molecule is CC(C)(C)OC(=O)N1CCC[C@@H]1COCc1ccc(Cl)nc1. The molecule has 0 N–H and O–H groups in total. The summed E-state index contributed by atoms with van der Waals surface area (Å²) >= 11 is 5.75. The highest BCUT2D eigenvalue weighted by Crippen LogP contribution is 2.21. The van der Waals surface area contributed by atoms with Crippen molar-refractivity contribution in [1.82, 2.24) is 9.88 Å². The van der Waals surface area contributed by atoms with E-state index in [0.29, 0.717) is 18.4 Å². The second-order valence-corrected chi connectivity index (χ2v) is 6.86. The second-order valence-electron chi connectivity index (χ2n) is 6.47. The van der Waals surface area contributed by atoms with Crippen LogP contribution < -0.4 is 0 Å². The van der Waals surface area contributed by atoms with Crippen molar-refractivity contribution in [2.45, 2.75) is 51.9 Å². The Balaban J connectivity index is 1.81. The number of hydrogen-bond donors (Lipinski definition) is 0. The lowest BCUT2D eigenvalue weighted by Crippen LogP contribution is -2.41. The third-order valence-electron chi connectivity index (χ3n) is 3.37. The van der Waals surface area contributed by atoms with Crippen molar-refractivity contribution >= 4 is 17.7 Å². The van der Waals surface area contributed by atoms with Crippen LogP contribution in [-0.2, 0) is 16.1 Å². The number of ether oxygens (including phenoxy) is 2. The van der Waals surface area contributed by atoms with E-state index in [2.05, 4.69) is 4.98 Å². The lowest BCUT2D eigenvalue weighted by molar-refractivity contribution is 0.00881. The molecule has 2 rings (SSSR count). The Morgan fingerprint density at radius 3 is 2.86 bits per heavy atom. The molecule has 0 radical (unpaired) electrons. The van der Waals surface area contributed by atoms with Crippen molar-refractivity contribution in [1.29, 1.82) is 0 Å². The fourth-order valence-electron chi connectivity index (χ4n) is 2.37. The molecule has 0 bridgehead atoms. The van der Waals surface area contributed by atoms with Gasteiger partial charge in [0, 0.05) is 12.7 Å². The molecule has 1 aliphatic heterocycles. The van der Waals surface area contributed by atoms with Gasteiger partial charge in [-0.2, -0.15) is 0 Å². The average molecular weight is 327 g/mol. The zero-order valence-electron chi connectivity index (χ0n) is 13.3. The van der Waals surface area contributed by atoms with Crippen molar-refractivity contribution in [2.24, 2.45) is 0 Å². The van der Waals surface area contributed by atoms with Crippen LogP contribution in [0.1, 0.15) is 39.2 Å². The van der Waals surface area contributed by atoms with Crippen LogP contribution in [0, 0.1) is 0 Å². The van der Waals surface area contributed by atoms with Gasteiger partial charge in [-0.05, 0) is 45.2 Å². The minimum Gasteiger partial charge on any atom is -0.444 e. The molecule has 22 heavy (non-hydrogen) atoms. The Bertz CT molecular complexity index is 499. The van der Waals surface area contributed by atoms with Crippen LogP contribution in [0.4, 0.5) is 4.79 Å². The molecule has 1 atom stereocenters. The van der Waals surface area contributed by atoms with Gasteiger partial charge in [0.15, 0.2) is 0 Å². The molecule has 1 aromatic heterocycles. The van der Waals surface area contributed by atoms with E-state index in [4.69, 9.17) is 21.1 Å². The maximum absolute atomic E-state index is 12.2. The molecule has 2 heterocycles. The predicted octanol–water partition coefficient (Wildman–Crippen LogP) is 3.65. The molecular formula is C16H23ClN2O3. The second kappa shape index (κ2) is 7.29. The normalized spacial score (nSPS) is 18.5. The lowest BCUT2D eigenvalue weighted by Gasteiger charge is -2.28. The Morgan fingerprint density at radius 2 is 2.23 bits per heavy atom. The molecule has 1 aliphatic rings. The minimum absolute atomic E-state index is 0.0788. The highest BCUT2D eigenvalue weighted by molar-refractivity contribution is 6.29. The van der Waals surface area contributed by atoms with Gasteiger partial charge in [0.05, 0.1) is 19.3 Å². The number of pyridine rings is 1. The van der Waals surface area contributed by atoms with Gasteiger partial charge >= 0.3 is 6.09 Å². The fourth-order valence-corrected chi connectivity index (χ4v) is 2.49. The number of nitrogens with zero attached hydrogens (tertiary/aromatic N) is 2. The first kappa shape index (κ1) is 17.0. The third-order valence-corrected chi connectivity index (χ3v) is 3.60. The van der Waals surface area contributed by atoms with E-state index in [1.807, 2.05) is 26.8 Å². The highest BCUT2D eigenvalue weighted by atomic mass is 35.5. The minimum atomic E-state index is -0.472. The predicted molar refractivity (Wildman–Crippen MR) is 84.9 cm³/mol. The maximum atomic E-state index is 12.2. The molecule has 5 nitrogen and oxygen atoms in total. The van der Waals surface area contributed by atoms with Crippen molar-refractivity contribution in [3.63, 3.8) is 0 Å². The van der Waals surface area contributed by atoms with E-state index in [-0.39, 0.29) is 12.1 Å². The molecule has 1 aromatic rings. The highest BCUT2D eigenvalue weighted by Gasteiger charge is 2.32. The Morgan fingerprint density at radius 1 is 1.45 bits per heavy atom. The lowest BCUT2D eigenvalue weighted by atomic mass is 10.2. The molecule has 1 fully saturated rings. The molecule has 1 saturated heterocycles. The molecule has 6 heteroatoms. The Kier molecular flexibility index (Phi) is 5.64. The van der Waals surface area contributed by atoms with Crippen LogP contribution in [-0.4, -0.2) is 40.8 Å². The van der Waals surface area contributed by atoms with Gasteiger partial charge in [0.1, 0.15) is 10.8 Å². The summed E-state index contributed by atoms with van der Waals surface area (Å²) in [6.45, 7) is 7.32. The number of hydrogen-bond acceptors (Lipinski definition) is 4. The van der Waals surface area contributed by atoms with Gasteiger partial charge in [0.25, 0.3) is 0 Å². The summed E-state index contributed by atoms with van der Waals surface area (Å²) in [5, 5.41) is 0.468. The van der Waals surface area contributed by atoms with Gasteiger partial charge in [-0.3, -0.25) is 0 Å². The van der Waals surface area contributed by atoms with E-state index in [9.17, 15) is 4.79 Å². The van der Waals surface area contributed by atoms with E-state index in [1.54, 1.807) is 17.2 Å². The first-order chi connectivity index (χ1) is 10.3. The molecule has 122 valence electrons. The fraction of sp³-hybridized carbons (Fsp3) is 0.625. The summed E-state index contributed by atoms with van der Waals surface area (Å²) in [5.41, 5.74) is 0.492. The summed E-state index contributed by atoms with van der Waals surface area (Å²) in [6.07, 6.45) is 3.36. The van der Waals surface area contributed by atoms with E-state index in [1.165, 1.54) is 0 Å². The van der Waals surface area contributed by atoms with Crippen LogP contribution in [0.3, 0.4) is 0 Å². The van der Waals surface area contributed by atoms with Gasteiger partial charge in [-0.25, -0.2) is 9.78 Å². The summed E-state index contributed by atoms with van der Waals surface area (Å²) in [4.78, 5) is 17.9. The van der Waals surface area contributed by atoms with Crippen LogP contribution in [0.2, 0.25) is 5.15 Å². The number of aromatic nitrogens is 1. The average Bonchev–Trinajstić information content (AvgIpc) is 2.88. The van der Waals surface area contributed by atoms with Crippen molar-refractivity contribution in [2.75, 3.05) is 13.2 Å². The largest absolute Gasteiger partial charge is 0.444 e. The molecule has 0 saturated carbocycles. The summed E-state index contributed by atoms with van der Waals surface area (Å²) in [6, 6.07) is 3.70. The molecular weight excluding hydrogens is 304 g/mol. The number of halogens is 1. The van der Waals surface area contributed by atoms with E-state index >= 15 is 0 Å². The van der Waals surface area contributed by atoms with Crippen LogP contribution in [0.15, 0.2) is 18.3 Å². The smallest absolute Gasteiger partial charge is 0.410 e. The zero-order chi connectivity index (χ0) is 16.2. The van der Waals surface area contributed by atoms with E-state index < -0.39 is 5.60 Å². The third kappa shape index (κ3) is 5.14. The van der Waals surface area contributed by atoms with Gasteiger partial charge in [-0.1, -0.05) is 17.7 Å². The Hall–Kier alpha value is -1.33. The number of likely N-dealkylation sites (tertiary alicyclic amines) is 1. The first-order valence-electron chi connectivity index (χ1n) is 7.53. The first-order valence-corrected chi connectivity index (χ1v) is 7.91. The van der Waals surface area contributed by atoms with Gasteiger partial charge in [0.2, 0.25) is 0 Å². The van der Waals surface area contributed by atoms with Crippen LogP contribution in [0.25, 0.3) is 0 Å². The summed E-state index contributed by atoms with van der Waals surface area (Å²) in [5.74, 6) is 0. The van der Waals surface area contributed by atoms with Gasteiger partial charge < -0.3 is 14.4 Å². The maximum Gasteiger partial charge on any atom is 0.410 e. The van der Waals surface area contributed by atoms with Crippen molar-refractivity contribution < 1.29 is 14.3 Å². The quantitative estimate of drug-likeness (QED) is 0.792. The molecule has 0 aromatic carbocycles. The Labute approximate surface area is 136 Å². The molecule has 0 spiro atoms. The van der Waals surface area contributed by atoms with Gasteiger partial charge in [-0.15, -0.1) is 0 Å². The summed E-state index contributed by atoms with van der Waals surface area (Å²) < 4.78 is 11.2. The van der Waals surface area contributed by atoms with Crippen LogP contribution in [0.5, 0.6) is 0 Å². The number of rotatable bonds is 4. The van der Waals surface area contributed by atoms with Crippen molar-refractivity contribution in [3.8, 4) is 0 Å². The topological polar surface area (TPSA) is 51.7 Å². The number of carbonyl (C=O) groups excluding carboxylic acids is 1. The zero-order valence-corrected chi connectivity index (χ0v) is 14.1. The molecule has 1 amide bonds. The summed E-state index contributed by atoms with van der Waals surface area (Å²) in [7, 11) is 0. The van der Waals surface area contributed by atoms with Crippen molar-refractivity contribution in [3.05, 3.63) is 29.0 Å². The standard InChI is InChI=1S/C16H23ClN2O3/c1-16(2,3)22-15(20)19-8-4-5-13(19)11-21-10-12-6-7-14(17)18-9-12/h6-7,9,13H,4-5,8,10-11H2,1-3H3/t13-/m1/s1. The number of carbonyl (C=O) groups is 1. The number of amides is 1. The molecule has 0 aliphatic carbocycles. The monoisotopic (exact) mass is 326 g/mol. The van der Waals surface area contributed by atoms with Crippen LogP contribution >= 0.6 is 11.6 Å². The van der Waals surface area contributed by atoms with E-state index in [0.717, 1.165) is 24.9 Å². The molecule has 0 unspecified atom stereocenters.